The number of piperazine rings is 1. The maximum atomic E-state index is 4.75. The molecule has 1 fully saturated rings. The number of para-hydroxylation sites is 1. The number of aryl methyl sites for hydroxylation is 2. The van der Waals surface area contributed by atoms with Crippen LogP contribution in [0, 0.1) is 20.8 Å². The predicted molar refractivity (Wildman–Crippen MR) is 102 cm³/mol. The highest BCUT2D eigenvalue weighted by Gasteiger charge is 2.22. The van der Waals surface area contributed by atoms with E-state index in [1.54, 1.807) is 0 Å². The third-order valence-electron chi connectivity index (χ3n) is 5.03. The number of fused-ring (bicyclic) bond motifs is 1. The van der Waals surface area contributed by atoms with Gasteiger partial charge >= 0.3 is 0 Å². The van der Waals surface area contributed by atoms with E-state index < -0.39 is 0 Å². The van der Waals surface area contributed by atoms with Crippen molar-refractivity contribution in [3.8, 4) is 0 Å². The van der Waals surface area contributed by atoms with Gasteiger partial charge in [-0.15, -0.1) is 0 Å². The van der Waals surface area contributed by atoms with E-state index in [-0.39, 0.29) is 0 Å². The van der Waals surface area contributed by atoms with Crippen molar-refractivity contribution in [2.24, 2.45) is 0 Å². The van der Waals surface area contributed by atoms with Gasteiger partial charge in [-0.3, -0.25) is 4.98 Å². The molecule has 0 N–H and O–H groups in total. The second kappa shape index (κ2) is 6.31. The van der Waals surface area contributed by atoms with Gasteiger partial charge in [0.05, 0.1) is 11.2 Å². The van der Waals surface area contributed by atoms with Gasteiger partial charge in [-0.05, 0) is 38.5 Å². The summed E-state index contributed by atoms with van der Waals surface area (Å²) in [5.41, 5.74) is 4.81. The molecule has 4 rings (SSSR count). The summed E-state index contributed by atoms with van der Waals surface area (Å²) in [7, 11) is 0. The van der Waals surface area contributed by atoms with Gasteiger partial charge in [-0.2, -0.15) is 0 Å². The Labute approximate surface area is 148 Å². The summed E-state index contributed by atoms with van der Waals surface area (Å²) in [5.74, 6) is 1.85. The first kappa shape index (κ1) is 15.8. The zero-order valence-corrected chi connectivity index (χ0v) is 15.0. The Bertz CT molecular complexity index is 913. The minimum atomic E-state index is 0.825. The number of aromatic nitrogens is 3. The van der Waals surface area contributed by atoms with Gasteiger partial charge in [-0.25, -0.2) is 9.97 Å². The van der Waals surface area contributed by atoms with E-state index in [1.165, 1.54) is 16.6 Å². The second-order valence-corrected chi connectivity index (χ2v) is 6.62. The van der Waals surface area contributed by atoms with Crippen LogP contribution in [0.15, 0.2) is 36.5 Å². The topological polar surface area (TPSA) is 45.2 Å². The molecule has 0 aliphatic carbocycles. The van der Waals surface area contributed by atoms with Crippen LogP contribution >= 0.6 is 0 Å². The van der Waals surface area contributed by atoms with Gasteiger partial charge in [0.15, 0.2) is 0 Å². The molecule has 25 heavy (non-hydrogen) atoms. The summed E-state index contributed by atoms with van der Waals surface area (Å²) < 4.78 is 0. The number of rotatable bonds is 2. The molecule has 1 saturated heterocycles. The molecule has 0 unspecified atom stereocenters. The molecule has 1 aliphatic rings. The molecular weight excluding hydrogens is 310 g/mol. The molecule has 0 spiro atoms. The SMILES string of the molecule is Cc1nccc(N2CCN(c3c(C)c(C)nc4ccccc34)CC2)n1. The fraction of sp³-hybridized carbons (Fsp3) is 0.350. The normalized spacial score (nSPS) is 15.0. The lowest BCUT2D eigenvalue weighted by Crippen LogP contribution is -2.47. The van der Waals surface area contributed by atoms with Crippen molar-refractivity contribution in [2.45, 2.75) is 20.8 Å². The predicted octanol–water partition coefficient (Wildman–Crippen LogP) is 3.28. The number of hydrogen-bond acceptors (Lipinski definition) is 5. The van der Waals surface area contributed by atoms with Gasteiger partial charge in [0.25, 0.3) is 0 Å². The highest BCUT2D eigenvalue weighted by Crippen LogP contribution is 2.32. The zero-order chi connectivity index (χ0) is 17.4. The van der Waals surface area contributed by atoms with E-state index in [9.17, 15) is 0 Å². The first-order valence-electron chi connectivity index (χ1n) is 8.79. The Balaban J connectivity index is 1.63. The molecule has 5 nitrogen and oxygen atoms in total. The average Bonchev–Trinajstić information content (AvgIpc) is 2.63. The fourth-order valence-electron chi connectivity index (χ4n) is 3.60. The van der Waals surface area contributed by atoms with E-state index in [1.807, 2.05) is 19.2 Å². The first-order chi connectivity index (χ1) is 12.1. The van der Waals surface area contributed by atoms with Crippen LogP contribution in [0.2, 0.25) is 0 Å². The standard InChI is InChI=1S/C20H23N5/c1-14-15(2)22-18-7-5-4-6-17(18)20(14)25-12-10-24(11-13-25)19-8-9-21-16(3)23-19/h4-9H,10-13H2,1-3H3. The van der Waals surface area contributed by atoms with Gasteiger partial charge < -0.3 is 9.80 Å². The average molecular weight is 333 g/mol. The smallest absolute Gasteiger partial charge is 0.132 e. The van der Waals surface area contributed by atoms with E-state index in [2.05, 4.69) is 57.9 Å². The van der Waals surface area contributed by atoms with E-state index in [4.69, 9.17) is 4.98 Å². The highest BCUT2D eigenvalue weighted by molar-refractivity contribution is 5.94. The molecule has 0 saturated carbocycles. The fourth-order valence-corrected chi connectivity index (χ4v) is 3.60. The van der Waals surface area contributed by atoms with Crippen LogP contribution < -0.4 is 9.80 Å². The number of benzene rings is 1. The molecule has 2 aromatic heterocycles. The molecule has 0 amide bonds. The number of hydrogen-bond donors (Lipinski definition) is 0. The molecule has 1 aromatic carbocycles. The maximum Gasteiger partial charge on any atom is 0.132 e. The number of nitrogens with zero attached hydrogens (tertiary/aromatic N) is 5. The summed E-state index contributed by atoms with van der Waals surface area (Å²) in [5, 5.41) is 1.25. The van der Waals surface area contributed by atoms with Crippen molar-refractivity contribution >= 4 is 22.4 Å². The van der Waals surface area contributed by atoms with Crippen molar-refractivity contribution in [1.29, 1.82) is 0 Å². The maximum absolute atomic E-state index is 4.75. The van der Waals surface area contributed by atoms with Crippen molar-refractivity contribution in [2.75, 3.05) is 36.0 Å². The van der Waals surface area contributed by atoms with E-state index >= 15 is 0 Å². The van der Waals surface area contributed by atoms with Crippen LogP contribution in [-0.4, -0.2) is 41.1 Å². The Hall–Kier alpha value is -2.69. The lowest BCUT2D eigenvalue weighted by molar-refractivity contribution is 0.645. The molecule has 1 aliphatic heterocycles. The highest BCUT2D eigenvalue weighted by atomic mass is 15.3. The van der Waals surface area contributed by atoms with E-state index in [0.717, 1.165) is 49.0 Å². The van der Waals surface area contributed by atoms with Crippen molar-refractivity contribution in [3.63, 3.8) is 0 Å². The Morgan fingerprint density at radius 3 is 2.32 bits per heavy atom. The molecule has 128 valence electrons. The summed E-state index contributed by atoms with van der Waals surface area (Å²) in [6, 6.07) is 10.4. The van der Waals surface area contributed by atoms with Crippen LogP contribution in [0.5, 0.6) is 0 Å². The Morgan fingerprint density at radius 1 is 0.840 bits per heavy atom. The minimum Gasteiger partial charge on any atom is -0.367 e. The molecule has 0 atom stereocenters. The molecule has 0 bridgehead atoms. The van der Waals surface area contributed by atoms with Crippen LogP contribution in [0.4, 0.5) is 11.5 Å². The van der Waals surface area contributed by atoms with Crippen LogP contribution in [0.1, 0.15) is 17.1 Å². The van der Waals surface area contributed by atoms with Crippen molar-refractivity contribution in [1.82, 2.24) is 15.0 Å². The third-order valence-corrected chi connectivity index (χ3v) is 5.03. The summed E-state index contributed by atoms with van der Waals surface area (Å²) in [4.78, 5) is 18.3. The lowest BCUT2D eigenvalue weighted by Gasteiger charge is -2.38. The summed E-state index contributed by atoms with van der Waals surface area (Å²) in [6.45, 7) is 10.1. The minimum absolute atomic E-state index is 0.825. The number of anilines is 2. The van der Waals surface area contributed by atoms with Crippen LogP contribution in [-0.2, 0) is 0 Å². The quantitative estimate of drug-likeness (QED) is 0.720. The van der Waals surface area contributed by atoms with Crippen LogP contribution in [0.25, 0.3) is 10.9 Å². The summed E-state index contributed by atoms with van der Waals surface area (Å²) >= 11 is 0. The molecule has 3 aromatic rings. The molecule has 5 heteroatoms. The van der Waals surface area contributed by atoms with Crippen molar-refractivity contribution in [3.05, 3.63) is 53.6 Å². The third kappa shape index (κ3) is 2.90. The van der Waals surface area contributed by atoms with E-state index in [0.29, 0.717) is 0 Å². The van der Waals surface area contributed by atoms with Gasteiger partial charge in [-0.1, -0.05) is 18.2 Å². The zero-order valence-electron chi connectivity index (χ0n) is 15.0. The van der Waals surface area contributed by atoms with Crippen molar-refractivity contribution < 1.29 is 0 Å². The van der Waals surface area contributed by atoms with Gasteiger partial charge in [0.1, 0.15) is 11.6 Å². The number of pyridine rings is 1. The monoisotopic (exact) mass is 333 g/mol. The summed E-state index contributed by atoms with van der Waals surface area (Å²) in [6.07, 6.45) is 1.84. The lowest BCUT2D eigenvalue weighted by atomic mass is 10.1. The van der Waals surface area contributed by atoms with Gasteiger partial charge in [0, 0.05) is 43.5 Å². The Kier molecular flexibility index (Phi) is 3.99. The Morgan fingerprint density at radius 2 is 1.56 bits per heavy atom. The first-order valence-corrected chi connectivity index (χ1v) is 8.79. The molecular formula is C20H23N5. The van der Waals surface area contributed by atoms with Gasteiger partial charge in [0.2, 0.25) is 0 Å². The molecule has 0 radical (unpaired) electrons. The second-order valence-electron chi connectivity index (χ2n) is 6.62. The largest absolute Gasteiger partial charge is 0.367 e. The van der Waals surface area contributed by atoms with Crippen LogP contribution in [0.3, 0.4) is 0 Å². The molecule has 3 heterocycles.